The third kappa shape index (κ3) is 2.78. The maximum absolute atomic E-state index is 13.1. The predicted octanol–water partition coefficient (Wildman–Crippen LogP) is 7.72. The molecule has 0 saturated carbocycles. The molecule has 0 aliphatic heterocycles. The van der Waals surface area contributed by atoms with Gasteiger partial charge in [-0.3, -0.25) is 0 Å². The van der Waals surface area contributed by atoms with Crippen molar-refractivity contribution in [1.29, 1.82) is 0 Å². The molecule has 6 rings (SSSR count). The summed E-state index contributed by atoms with van der Waals surface area (Å²) in [7, 11) is 0. The molecule has 2 aliphatic rings. The van der Waals surface area contributed by atoms with E-state index in [1.165, 1.54) is 28.2 Å². The third-order valence-electron chi connectivity index (χ3n) is 6.27. The zero-order chi connectivity index (χ0) is 21.9. The van der Waals surface area contributed by atoms with E-state index in [0.717, 1.165) is 40.3 Å². The van der Waals surface area contributed by atoms with E-state index < -0.39 is 11.7 Å². The number of benzene rings is 4. The minimum Gasteiger partial charge on any atom is -0.166 e. The van der Waals surface area contributed by atoms with Gasteiger partial charge in [-0.15, -0.1) is 0 Å². The van der Waals surface area contributed by atoms with Crippen LogP contribution in [0.25, 0.3) is 16.7 Å². The lowest BCUT2D eigenvalue weighted by Crippen LogP contribution is -2.09. The monoisotopic (exact) mass is 422 g/mol. The lowest BCUT2D eigenvalue weighted by Gasteiger charge is -2.10. The highest BCUT2D eigenvalue weighted by Gasteiger charge is 2.48. The van der Waals surface area contributed by atoms with E-state index in [2.05, 4.69) is 48.5 Å². The molecule has 4 aromatic carbocycles. The summed E-state index contributed by atoms with van der Waals surface area (Å²) in [6.45, 7) is 0. The van der Waals surface area contributed by atoms with Gasteiger partial charge in [0.25, 0.3) is 0 Å². The van der Waals surface area contributed by atoms with E-state index in [1.54, 1.807) is 12.1 Å². The Hall–Kier alpha value is -3.85. The fourth-order valence-electron chi connectivity index (χ4n) is 4.84. The topological polar surface area (TPSA) is 0 Å². The Morgan fingerprint density at radius 1 is 0.531 bits per heavy atom. The van der Waals surface area contributed by atoms with Crippen molar-refractivity contribution in [2.45, 2.75) is 6.18 Å². The minimum absolute atomic E-state index is 0.634. The van der Waals surface area contributed by atoms with Gasteiger partial charge in [-0.05, 0) is 78.9 Å². The van der Waals surface area contributed by atoms with Gasteiger partial charge in [-0.1, -0.05) is 0 Å². The molecule has 152 valence electrons. The second-order valence-electron chi connectivity index (χ2n) is 8.06. The van der Waals surface area contributed by atoms with Gasteiger partial charge in [-0.2, -0.15) is 13.2 Å². The molecule has 2 aliphatic carbocycles. The first-order valence-corrected chi connectivity index (χ1v) is 10.4. The SMILES string of the molecule is FC(F)(F)c1ccc(C2=C[C+]([C+]3c4ccccc4-c4ccccc43)c3ccccc32)cc1. The second kappa shape index (κ2) is 6.83. The van der Waals surface area contributed by atoms with Crippen LogP contribution in [0.15, 0.2) is 103 Å². The molecule has 0 atom stereocenters. The molecule has 0 nitrogen and oxygen atoms in total. The van der Waals surface area contributed by atoms with E-state index in [-0.39, 0.29) is 0 Å². The van der Waals surface area contributed by atoms with Crippen molar-refractivity contribution in [1.82, 2.24) is 0 Å². The second-order valence-corrected chi connectivity index (χ2v) is 8.06. The van der Waals surface area contributed by atoms with E-state index in [4.69, 9.17) is 0 Å². The van der Waals surface area contributed by atoms with Crippen LogP contribution in [0, 0.1) is 11.8 Å². The molecule has 0 fully saturated rings. The lowest BCUT2D eigenvalue weighted by atomic mass is 9.81. The Labute approximate surface area is 184 Å². The number of hydrogen-bond donors (Lipinski definition) is 0. The summed E-state index contributed by atoms with van der Waals surface area (Å²) in [4.78, 5) is 0. The molecule has 0 aromatic heterocycles. The Kier molecular flexibility index (Phi) is 4.03. The smallest absolute Gasteiger partial charge is 0.166 e. The number of allylic oxidation sites excluding steroid dienone is 1. The number of fused-ring (bicyclic) bond motifs is 4. The van der Waals surface area contributed by atoms with Gasteiger partial charge in [0.1, 0.15) is 39.7 Å². The van der Waals surface area contributed by atoms with Crippen LogP contribution in [-0.4, -0.2) is 0 Å². The molecule has 0 spiro atoms. The van der Waals surface area contributed by atoms with E-state index in [9.17, 15) is 13.2 Å². The van der Waals surface area contributed by atoms with Crippen LogP contribution in [0.4, 0.5) is 13.2 Å². The van der Waals surface area contributed by atoms with Crippen molar-refractivity contribution < 1.29 is 13.2 Å². The van der Waals surface area contributed by atoms with Crippen molar-refractivity contribution in [3.05, 3.63) is 148 Å². The number of alkyl halides is 3. The minimum atomic E-state index is -4.34. The molecule has 3 heteroatoms. The average Bonchev–Trinajstić information content (AvgIpc) is 3.35. The summed E-state index contributed by atoms with van der Waals surface area (Å²) in [5.74, 6) is 2.28. The summed E-state index contributed by atoms with van der Waals surface area (Å²) in [6.07, 6.45) is -2.22. The summed E-state index contributed by atoms with van der Waals surface area (Å²) in [6, 6.07) is 30.3. The van der Waals surface area contributed by atoms with Crippen LogP contribution >= 0.6 is 0 Å². The first-order chi connectivity index (χ1) is 15.5. The molecular formula is C29H17F3+2. The lowest BCUT2D eigenvalue weighted by molar-refractivity contribution is -0.137. The summed E-state index contributed by atoms with van der Waals surface area (Å²) in [5.41, 5.74) is 8.01. The van der Waals surface area contributed by atoms with E-state index >= 15 is 0 Å². The molecule has 0 bridgehead atoms. The Balaban J connectivity index is 1.50. The first-order valence-electron chi connectivity index (χ1n) is 10.4. The molecule has 32 heavy (non-hydrogen) atoms. The van der Waals surface area contributed by atoms with Gasteiger partial charge in [0.05, 0.1) is 22.8 Å². The van der Waals surface area contributed by atoms with Gasteiger partial charge in [0.15, 0.2) is 0 Å². The fourth-order valence-corrected chi connectivity index (χ4v) is 4.84. The van der Waals surface area contributed by atoms with Crippen LogP contribution in [-0.2, 0) is 6.18 Å². The highest BCUT2D eigenvalue weighted by Crippen LogP contribution is 2.54. The van der Waals surface area contributed by atoms with E-state index in [0.29, 0.717) is 0 Å². The van der Waals surface area contributed by atoms with Gasteiger partial charge < -0.3 is 0 Å². The Bertz CT molecular complexity index is 1310. The highest BCUT2D eigenvalue weighted by atomic mass is 19.4. The normalized spacial score (nSPS) is 14.2. The molecule has 0 amide bonds. The number of rotatable bonds is 2. The fraction of sp³-hybridized carbons (Fsp3) is 0.0345. The van der Waals surface area contributed by atoms with E-state index in [1.807, 2.05) is 30.3 Å². The molecule has 0 radical (unpaired) electrons. The molecule has 0 heterocycles. The molecular weight excluding hydrogens is 405 g/mol. The van der Waals surface area contributed by atoms with Crippen LogP contribution in [0.3, 0.4) is 0 Å². The van der Waals surface area contributed by atoms with Crippen molar-refractivity contribution in [2.75, 3.05) is 0 Å². The van der Waals surface area contributed by atoms with Gasteiger partial charge >= 0.3 is 6.18 Å². The average molecular weight is 422 g/mol. The largest absolute Gasteiger partial charge is 0.416 e. The van der Waals surface area contributed by atoms with Gasteiger partial charge in [-0.25, -0.2) is 0 Å². The van der Waals surface area contributed by atoms with Crippen LogP contribution in [0.1, 0.15) is 33.4 Å². The van der Waals surface area contributed by atoms with Crippen molar-refractivity contribution in [3.8, 4) is 11.1 Å². The maximum atomic E-state index is 13.1. The zero-order valence-corrected chi connectivity index (χ0v) is 16.9. The zero-order valence-electron chi connectivity index (χ0n) is 16.9. The molecule has 0 N–H and O–H groups in total. The predicted molar refractivity (Wildman–Crippen MR) is 121 cm³/mol. The highest BCUT2D eigenvalue weighted by molar-refractivity contribution is 5.95. The van der Waals surface area contributed by atoms with Gasteiger partial charge in [0.2, 0.25) is 0 Å². The van der Waals surface area contributed by atoms with Crippen LogP contribution < -0.4 is 0 Å². The van der Waals surface area contributed by atoms with Crippen molar-refractivity contribution >= 4 is 5.57 Å². The summed E-state index contributed by atoms with van der Waals surface area (Å²) < 4.78 is 39.2. The molecule has 0 saturated heterocycles. The summed E-state index contributed by atoms with van der Waals surface area (Å²) in [5, 5.41) is 0. The Morgan fingerprint density at radius 2 is 1.03 bits per heavy atom. The van der Waals surface area contributed by atoms with Crippen LogP contribution in [0.2, 0.25) is 0 Å². The first kappa shape index (κ1) is 18.9. The van der Waals surface area contributed by atoms with Gasteiger partial charge in [0, 0.05) is 23.8 Å². The Morgan fingerprint density at radius 3 is 1.59 bits per heavy atom. The molecule has 4 aromatic rings. The maximum Gasteiger partial charge on any atom is 0.416 e. The number of halogens is 3. The molecule has 0 unspecified atom stereocenters. The van der Waals surface area contributed by atoms with Crippen molar-refractivity contribution in [3.63, 3.8) is 0 Å². The number of hydrogen-bond acceptors (Lipinski definition) is 0. The van der Waals surface area contributed by atoms with Crippen LogP contribution in [0.5, 0.6) is 0 Å². The standard InChI is InChI=1S/C29H17F3/c30-29(31,32)19-15-13-18(14-16-19)26-17-27(23-10-2-1-9-22(23)26)28-24-11-5-3-7-20(24)21-8-4-6-12-25(21)28/h1-17H/q+2. The summed E-state index contributed by atoms with van der Waals surface area (Å²) >= 11 is 0. The third-order valence-corrected chi connectivity index (χ3v) is 6.27. The quantitative estimate of drug-likeness (QED) is 0.290. The van der Waals surface area contributed by atoms with Crippen molar-refractivity contribution in [2.24, 2.45) is 0 Å².